The number of rotatable bonds is 2. The summed E-state index contributed by atoms with van der Waals surface area (Å²) in [6, 6.07) is 8.17. The summed E-state index contributed by atoms with van der Waals surface area (Å²) in [4.78, 5) is 0. The van der Waals surface area contributed by atoms with E-state index in [9.17, 15) is 8.78 Å². The zero-order chi connectivity index (χ0) is 13.3. The maximum absolute atomic E-state index is 13.2. The van der Waals surface area contributed by atoms with E-state index in [0.717, 1.165) is 5.56 Å². The van der Waals surface area contributed by atoms with Crippen molar-refractivity contribution in [1.29, 1.82) is 0 Å². The van der Waals surface area contributed by atoms with E-state index < -0.39 is 11.9 Å². The molecular weight excluding hydrogens is 256 g/mol. The molecule has 1 atom stereocenters. The molecule has 1 unspecified atom stereocenters. The summed E-state index contributed by atoms with van der Waals surface area (Å²) in [5, 5.41) is 0.0111. The first-order valence-corrected chi connectivity index (χ1v) is 5.83. The van der Waals surface area contributed by atoms with Gasteiger partial charge in [-0.05, 0) is 47.9 Å². The van der Waals surface area contributed by atoms with Gasteiger partial charge in [0.2, 0.25) is 0 Å². The van der Waals surface area contributed by atoms with Crippen molar-refractivity contribution in [1.82, 2.24) is 0 Å². The molecule has 1 nitrogen and oxygen atoms in total. The maximum atomic E-state index is 13.2. The first-order valence-electron chi connectivity index (χ1n) is 5.45. The van der Waals surface area contributed by atoms with Crippen molar-refractivity contribution in [2.45, 2.75) is 13.0 Å². The minimum absolute atomic E-state index is 0.0111. The Labute approximate surface area is 109 Å². The van der Waals surface area contributed by atoms with Gasteiger partial charge in [-0.15, -0.1) is 0 Å². The van der Waals surface area contributed by atoms with E-state index in [-0.39, 0.29) is 10.8 Å². The van der Waals surface area contributed by atoms with Gasteiger partial charge in [0.1, 0.15) is 11.6 Å². The monoisotopic (exact) mass is 267 g/mol. The molecule has 0 saturated carbocycles. The van der Waals surface area contributed by atoms with E-state index in [1.807, 2.05) is 6.92 Å². The van der Waals surface area contributed by atoms with Gasteiger partial charge < -0.3 is 5.73 Å². The van der Waals surface area contributed by atoms with Crippen molar-refractivity contribution in [2.24, 2.45) is 5.73 Å². The van der Waals surface area contributed by atoms with E-state index in [0.29, 0.717) is 11.1 Å². The second-order valence-electron chi connectivity index (χ2n) is 4.15. The lowest BCUT2D eigenvalue weighted by atomic mass is 9.96. The number of hydrogen-bond donors (Lipinski definition) is 1. The largest absolute Gasteiger partial charge is 0.320 e. The minimum Gasteiger partial charge on any atom is -0.320 e. The van der Waals surface area contributed by atoms with Gasteiger partial charge in [-0.2, -0.15) is 0 Å². The quantitative estimate of drug-likeness (QED) is 0.875. The number of nitrogens with two attached hydrogens (primary N) is 1. The predicted octanol–water partition coefficient (Wildman–Crippen LogP) is 3.97. The summed E-state index contributed by atoms with van der Waals surface area (Å²) < 4.78 is 26.3. The molecule has 2 N–H and O–H groups in total. The summed E-state index contributed by atoms with van der Waals surface area (Å²) in [7, 11) is 0. The van der Waals surface area contributed by atoms with Crippen LogP contribution in [0.2, 0.25) is 5.02 Å². The van der Waals surface area contributed by atoms with Crippen LogP contribution in [-0.2, 0) is 0 Å². The highest BCUT2D eigenvalue weighted by Gasteiger charge is 2.13. The molecule has 0 aliphatic carbocycles. The molecule has 0 fully saturated rings. The summed E-state index contributed by atoms with van der Waals surface area (Å²) >= 11 is 5.71. The first kappa shape index (κ1) is 13.0. The van der Waals surface area contributed by atoms with E-state index in [4.69, 9.17) is 17.3 Å². The van der Waals surface area contributed by atoms with Crippen LogP contribution in [0.25, 0.3) is 0 Å². The van der Waals surface area contributed by atoms with Crippen LogP contribution in [0, 0.1) is 18.6 Å². The van der Waals surface area contributed by atoms with Gasteiger partial charge in [-0.3, -0.25) is 0 Å². The van der Waals surface area contributed by atoms with Crippen LogP contribution in [-0.4, -0.2) is 0 Å². The average molecular weight is 268 g/mol. The molecule has 0 aliphatic heterocycles. The Morgan fingerprint density at radius 1 is 1.11 bits per heavy atom. The fourth-order valence-corrected chi connectivity index (χ4v) is 2.02. The van der Waals surface area contributed by atoms with E-state index >= 15 is 0 Å². The van der Waals surface area contributed by atoms with E-state index in [2.05, 4.69) is 0 Å². The van der Waals surface area contributed by atoms with Crippen LogP contribution >= 0.6 is 11.6 Å². The Morgan fingerprint density at radius 2 is 1.83 bits per heavy atom. The fraction of sp³-hybridized carbons (Fsp3) is 0.143. The molecule has 4 heteroatoms. The smallest absolute Gasteiger partial charge is 0.141 e. The number of halogens is 3. The summed E-state index contributed by atoms with van der Waals surface area (Å²) in [6.07, 6.45) is 0. The Bertz CT molecular complexity index is 584. The van der Waals surface area contributed by atoms with Gasteiger partial charge in [0.25, 0.3) is 0 Å². The van der Waals surface area contributed by atoms with Crippen molar-refractivity contribution in [3.8, 4) is 0 Å². The molecule has 0 amide bonds. The Kier molecular flexibility index (Phi) is 3.64. The van der Waals surface area contributed by atoms with E-state index in [1.165, 1.54) is 24.3 Å². The Morgan fingerprint density at radius 3 is 2.50 bits per heavy atom. The second-order valence-corrected chi connectivity index (χ2v) is 4.56. The highest BCUT2D eigenvalue weighted by molar-refractivity contribution is 6.30. The molecule has 0 radical (unpaired) electrons. The molecule has 0 heterocycles. The number of aryl methyl sites for hydroxylation is 1. The van der Waals surface area contributed by atoms with E-state index in [1.54, 1.807) is 12.1 Å². The van der Waals surface area contributed by atoms with Gasteiger partial charge in [0, 0.05) is 0 Å². The molecule has 0 spiro atoms. The lowest BCUT2D eigenvalue weighted by molar-refractivity contribution is 0.621. The molecule has 0 saturated heterocycles. The predicted molar refractivity (Wildman–Crippen MR) is 68.6 cm³/mol. The molecule has 0 aliphatic rings. The summed E-state index contributed by atoms with van der Waals surface area (Å²) in [5.74, 6) is -0.845. The van der Waals surface area contributed by atoms with Gasteiger partial charge >= 0.3 is 0 Å². The Hall–Kier alpha value is -1.45. The van der Waals surface area contributed by atoms with Crippen LogP contribution in [0.5, 0.6) is 0 Å². The SMILES string of the molecule is Cc1ccc(F)cc1C(N)c1ccc(F)c(Cl)c1. The lowest BCUT2D eigenvalue weighted by Gasteiger charge is -2.15. The molecular formula is C14H12ClF2N. The van der Waals surface area contributed by atoms with Crippen molar-refractivity contribution in [3.05, 3.63) is 69.7 Å². The van der Waals surface area contributed by atoms with Crippen LogP contribution in [0.4, 0.5) is 8.78 Å². The van der Waals surface area contributed by atoms with Crippen LogP contribution in [0.3, 0.4) is 0 Å². The van der Waals surface area contributed by atoms with Crippen LogP contribution in [0.1, 0.15) is 22.7 Å². The first-order chi connectivity index (χ1) is 8.49. The fourth-order valence-electron chi connectivity index (χ4n) is 1.83. The molecule has 0 bridgehead atoms. The maximum Gasteiger partial charge on any atom is 0.141 e. The third-order valence-corrected chi connectivity index (χ3v) is 3.17. The van der Waals surface area contributed by atoms with Crippen LogP contribution < -0.4 is 5.73 Å². The lowest BCUT2D eigenvalue weighted by Crippen LogP contribution is -2.13. The third kappa shape index (κ3) is 2.52. The van der Waals surface area contributed by atoms with Crippen molar-refractivity contribution in [2.75, 3.05) is 0 Å². The highest BCUT2D eigenvalue weighted by Crippen LogP contribution is 2.26. The molecule has 2 aromatic carbocycles. The highest BCUT2D eigenvalue weighted by atomic mass is 35.5. The number of hydrogen-bond acceptors (Lipinski definition) is 1. The van der Waals surface area contributed by atoms with Gasteiger partial charge in [-0.1, -0.05) is 23.7 Å². The zero-order valence-electron chi connectivity index (χ0n) is 9.75. The molecule has 94 valence electrons. The molecule has 18 heavy (non-hydrogen) atoms. The van der Waals surface area contributed by atoms with Gasteiger partial charge in [0.15, 0.2) is 0 Å². The molecule has 2 rings (SSSR count). The van der Waals surface area contributed by atoms with Crippen molar-refractivity contribution < 1.29 is 8.78 Å². The zero-order valence-corrected chi connectivity index (χ0v) is 10.5. The standard InChI is InChI=1S/C14H12ClF2N/c1-8-2-4-10(16)7-11(8)14(18)9-3-5-13(17)12(15)6-9/h2-7,14H,18H2,1H3. The van der Waals surface area contributed by atoms with Crippen LogP contribution in [0.15, 0.2) is 36.4 Å². The van der Waals surface area contributed by atoms with Crippen molar-refractivity contribution >= 4 is 11.6 Å². The number of benzene rings is 2. The molecule has 2 aromatic rings. The van der Waals surface area contributed by atoms with Crippen molar-refractivity contribution in [3.63, 3.8) is 0 Å². The third-order valence-electron chi connectivity index (χ3n) is 2.88. The second kappa shape index (κ2) is 5.04. The topological polar surface area (TPSA) is 26.0 Å². The minimum atomic E-state index is -0.529. The molecule has 0 aromatic heterocycles. The summed E-state index contributed by atoms with van der Waals surface area (Å²) in [5.41, 5.74) is 8.25. The van der Waals surface area contributed by atoms with Gasteiger partial charge in [0.05, 0.1) is 11.1 Å². The average Bonchev–Trinajstić information content (AvgIpc) is 2.35. The normalized spacial score (nSPS) is 12.5. The van der Waals surface area contributed by atoms with Gasteiger partial charge in [-0.25, -0.2) is 8.78 Å². The summed E-state index contributed by atoms with van der Waals surface area (Å²) in [6.45, 7) is 1.85. The Balaban J connectivity index is 2.44.